The molecule has 1 rings (SSSR count). The van der Waals surface area contributed by atoms with Crippen LogP contribution in [0.25, 0.3) is 0 Å². The van der Waals surface area contributed by atoms with Gasteiger partial charge in [-0.05, 0) is 38.5 Å². The molecule has 0 bridgehead atoms. The quantitative estimate of drug-likeness (QED) is 0.406. The number of hydrogen-bond donors (Lipinski definition) is 0. The fraction of sp³-hybridized carbons (Fsp3) is 0.786. The fourth-order valence-electron chi connectivity index (χ4n) is 2.38. The number of ether oxygens (including phenoxy) is 2. The Morgan fingerprint density at radius 3 is 2.82 bits per heavy atom. The summed E-state index contributed by atoms with van der Waals surface area (Å²) in [5, 5.41) is 0. The summed E-state index contributed by atoms with van der Waals surface area (Å²) in [5.41, 5.74) is 0.474. The smallest absolute Gasteiger partial charge is 0.333 e. The van der Waals surface area contributed by atoms with Crippen LogP contribution in [0, 0.1) is 5.92 Å². The van der Waals surface area contributed by atoms with Crippen LogP contribution in [0.15, 0.2) is 12.2 Å². The first-order chi connectivity index (χ1) is 8.13. The Bertz CT molecular complexity index is 260. The van der Waals surface area contributed by atoms with E-state index in [2.05, 4.69) is 6.58 Å². The van der Waals surface area contributed by atoms with Crippen molar-refractivity contribution in [1.29, 1.82) is 0 Å². The highest BCUT2D eigenvalue weighted by Crippen LogP contribution is 2.29. The highest BCUT2D eigenvalue weighted by molar-refractivity contribution is 5.86. The van der Waals surface area contributed by atoms with E-state index in [9.17, 15) is 4.79 Å². The summed E-state index contributed by atoms with van der Waals surface area (Å²) in [5.74, 6) is 0.459. The average molecular weight is 240 g/mol. The molecule has 98 valence electrons. The van der Waals surface area contributed by atoms with Gasteiger partial charge in [0.2, 0.25) is 0 Å². The third kappa shape index (κ3) is 5.35. The fourth-order valence-corrected chi connectivity index (χ4v) is 2.38. The van der Waals surface area contributed by atoms with E-state index in [0.717, 1.165) is 25.2 Å². The van der Waals surface area contributed by atoms with Crippen molar-refractivity contribution in [2.24, 2.45) is 5.92 Å². The summed E-state index contributed by atoms with van der Waals surface area (Å²) in [6.45, 7) is 5.74. The molecule has 0 aromatic rings. The minimum Gasteiger partial charge on any atom is -0.462 e. The van der Waals surface area contributed by atoms with E-state index in [1.807, 2.05) is 0 Å². The molecule has 1 saturated carbocycles. The molecule has 2 atom stereocenters. The molecule has 2 unspecified atom stereocenters. The third-order valence-corrected chi connectivity index (χ3v) is 3.41. The highest BCUT2D eigenvalue weighted by atomic mass is 16.5. The normalized spacial score (nSPS) is 24.4. The third-order valence-electron chi connectivity index (χ3n) is 3.41. The van der Waals surface area contributed by atoms with Crippen LogP contribution in [0.5, 0.6) is 0 Å². The van der Waals surface area contributed by atoms with Crippen molar-refractivity contribution < 1.29 is 14.3 Å². The standard InChI is InChI=1S/C14H24O3/c1-11(2)14(15)17-9-5-7-12-6-4-8-13(10-12)16-3/h12-13H,1,4-10H2,2-3H3. The molecule has 0 aromatic heterocycles. The lowest BCUT2D eigenvalue weighted by molar-refractivity contribution is -0.139. The van der Waals surface area contributed by atoms with Crippen molar-refractivity contribution in [3.8, 4) is 0 Å². The molecule has 0 N–H and O–H groups in total. The van der Waals surface area contributed by atoms with E-state index in [0.29, 0.717) is 18.3 Å². The molecule has 3 nitrogen and oxygen atoms in total. The van der Waals surface area contributed by atoms with Crippen LogP contribution >= 0.6 is 0 Å². The molecule has 0 aliphatic heterocycles. The van der Waals surface area contributed by atoms with Crippen molar-refractivity contribution in [2.75, 3.05) is 13.7 Å². The van der Waals surface area contributed by atoms with Gasteiger partial charge in [-0.1, -0.05) is 19.4 Å². The molecule has 1 aliphatic carbocycles. The SMILES string of the molecule is C=C(C)C(=O)OCCCC1CCCC(OC)C1. The van der Waals surface area contributed by atoms with Gasteiger partial charge in [-0.3, -0.25) is 0 Å². The Hall–Kier alpha value is -0.830. The van der Waals surface area contributed by atoms with E-state index in [1.54, 1.807) is 14.0 Å². The van der Waals surface area contributed by atoms with Gasteiger partial charge in [-0.15, -0.1) is 0 Å². The molecule has 1 aliphatic rings. The molecule has 0 saturated heterocycles. The zero-order valence-electron chi connectivity index (χ0n) is 11.0. The number of esters is 1. The van der Waals surface area contributed by atoms with Crippen molar-refractivity contribution in [3.05, 3.63) is 12.2 Å². The molecule has 0 aromatic carbocycles. The first kappa shape index (κ1) is 14.2. The van der Waals surface area contributed by atoms with E-state index in [-0.39, 0.29) is 5.97 Å². The number of hydrogen-bond acceptors (Lipinski definition) is 3. The second-order valence-corrected chi connectivity index (χ2v) is 4.95. The number of carbonyl (C=O) groups is 1. The maximum atomic E-state index is 11.2. The van der Waals surface area contributed by atoms with Gasteiger partial charge in [0.05, 0.1) is 12.7 Å². The minimum absolute atomic E-state index is 0.275. The largest absolute Gasteiger partial charge is 0.462 e. The molecule has 1 fully saturated rings. The van der Waals surface area contributed by atoms with Crippen LogP contribution in [-0.2, 0) is 14.3 Å². The van der Waals surface area contributed by atoms with Crippen LogP contribution < -0.4 is 0 Å². The molecule has 3 heteroatoms. The average Bonchev–Trinajstić information content (AvgIpc) is 2.34. The zero-order chi connectivity index (χ0) is 12.7. The Kier molecular flexibility index (Phi) is 6.27. The van der Waals surface area contributed by atoms with Crippen molar-refractivity contribution >= 4 is 5.97 Å². The van der Waals surface area contributed by atoms with Crippen LogP contribution in [-0.4, -0.2) is 25.8 Å². The second-order valence-electron chi connectivity index (χ2n) is 4.95. The predicted molar refractivity (Wildman–Crippen MR) is 67.8 cm³/mol. The van der Waals surface area contributed by atoms with Gasteiger partial charge < -0.3 is 9.47 Å². The van der Waals surface area contributed by atoms with Gasteiger partial charge >= 0.3 is 5.97 Å². The maximum Gasteiger partial charge on any atom is 0.333 e. The Labute approximate surface area is 104 Å². The number of carbonyl (C=O) groups excluding carboxylic acids is 1. The summed E-state index contributed by atoms with van der Waals surface area (Å²) in [4.78, 5) is 11.2. The summed E-state index contributed by atoms with van der Waals surface area (Å²) >= 11 is 0. The lowest BCUT2D eigenvalue weighted by atomic mass is 9.84. The van der Waals surface area contributed by atoms with Crippen LogP contribution in [0.4, 0.5) is 0 Å². The monoisotopic (exact) mass is 240 g/mol. The Balaban J connectivity index is 2.10. The van der Waals surface area contributed by atoms with Gasteiger partial charge in [-0.2, -0.15) is 0 Å². The first-order valence-electron chi connectivity index (χ1n) is 6.49. The molecule has 17 heavy (non-hydrogen) atoms. The van der Waals surface area contributed by atoms with Gasteiger partial charge in [0, 0.05) is 12.7 Å². The van der Waals surface area contributed by atoms with E-state index >= 15 is 0 Å². The lowest BCUT2D eigenvalue weighted by Crippen LogP contribution is -2.22. The maximum absolute atomic E-state index is 11.2. The van der Waals surface area contributed by atoms with Crippen molar-refractivity contribution in [3.63, 3.8) is 0 Å². The first-order valence-corrected chi connectivity index (χ1v) is 6.49. The van der Waals surface area contributed by atoms with Gasteiger partial charge in [0.1, 0.15) is 0 Å². The Morgan fingerprint density at radius 2 is 2.18 bits per heavy atom. The molecule has 0 amide bonds. The van der Waals surface area contributed by atoms with E-state index < -0.39 is 0 Å². The molecule has 0 heterocycles. The van der Waals surface area contributed by atoms with Crippen LogP contribution in [0.1, 0.15) is 45.4 Å². The van der Waals surface area contributed by atoms with Gasteiger partial charge in [0.25, 0.3) is 0 Å². The molecule has 0 spiro atoms. The second kappa shape index (κ2) is 7.49. The topological polar surface area (TPSA) is 35.5 Å². The molecular formula is C14H24O3. The predicted octanol–water partition coefficient (Wildman–Crippen LogP) is 3.09. The van der Waals surface area contributed by atoms with Crippen molar-refractivity contribution in [2.45, 2.75) is 51.6 Å². The number of methoxy groups -OCH3 is 1. The highest BCUT2D eigenvalue weighted by Gasteiger charge is 2.21. The number of rotatable bonds is 6. The van der Waals surface area contributed by atoms with Gasteiger partial charge in [-0.25, -0.2) is 4.79 Å². The molecule has 0 radical (unpaired) electrons. The van der Waals surface area contributed by atoms with E-state index in [1.165, 1.54) is 19.3 Å². The summed E-state index contributed by atoms with van der Waals surface area (Å²) in [6, 6.07) is 0. The summed E-state index contributed by atoms with van der Waals surface area (Å²) < 4.78 is 10.5. The van der Waals surface area contributed by atoms with Crippen LogP contribution in [0.2, 0.25) is 0 Å². The van der Waals surface area contributed by atoms with E-state index in [4.69, 9.17) is 9.47 Å². The lowest BCUT2D eigenvalue weighted by Gasteiger charge is -2.28. The molecular weight excluding hydrogens is 216 g/mol. The van der Waals surface area contributed by atoms with Crippen molar-refractivity contribution in [1.82, 2.24) is 0 Å². The van der Waals surface area contributed by atoms with Crippen LogP contribution in [0.3, 0.4) is 0 Å². The summed E-state index contributed by atoms with van der Waals surface area (Å²) in [7, 11) is 1.79. The zero-order valence-corrected chi connectivity index (χ0v) is 11.0. The Morgan fingerprint density at radius 1 is 1.41 bits per heavy atom. The minimum atomic E-state index is -0.275. The summed E-state index contributed by atoms with van der Waals surface area (Å²) in [6.07, 6.45) is 7.40. The van der Waals surface area contributed by atoms with Gasteiger partial charge in [0.15, 0.2) is 0 Å².